The number of nitrogens with one attached hydrogen (secondary N) is 1. The van der Waals surface area contributed by atoms with Gasteiger partial charge in [-0.15, -0.1) is 0 Å². The minimum atomic E-state index is -0.785. The summed E-state index contributed by atoms with van der Waals surface area (Å²) < 4.78 is 1.75. The van der Waals surface area contributed by atoms with Gasteiger partial charge < -0.3 is 15.6 Å². The van der Waals surface area contributed by atoms with Crippen LogP contribution in [0.4, 0.5) is 5.82 Å². The van der Waals surface area contributed by atoms with Crippen LogP contribution in [0.5, 0.6) is 0 Å². The predicted octanol–water partition coefficient (Wildman–Crippen LogP) is 0.850. The Kier molecular flexibility index (Phi) is 3.15. The fourth-order valence-electron chi connectivity index (χ4n) is 2.40. The number of nitrogens with two attached hydrogens (primary N) is 1. The fourth-order valence-corrected chi connectivity index (χ4v) is 2.72. The first-order chi connectivity index (χ1) is 8.11. The van der Waals surface area contributed by atoms with Gasteiger partial charge >= 0.3 is 0 Å². The van der Waals surface area contributed by atoms with Crippen molar-refractivity contribution in [2.45, 2.75) is 31.2 Å². The van der Waals surface area contributed by atoms with Crippen LogP contribution in [0.25, 0.3) is 0 Å². The van der Waals surface area contributed by atoms with Crippen molar-refractivity contribution in [3.63, 3.8) is 0 Å². The van der Waals surface area contributed by atoms with Crippen molar-refractivity contribution >= 4 is 28.8 Å². The van der Waals surface area contributed by atoms with Gasteiger partial charge in [-0.2, -0.15) is 0 Å². The summed E-state index contributed by atoms with van der Waals surface area (Å²) in [6.45, 7) is 0. The lowest BCUT2D eigenvalue weighted by molar-refractivity contribution is -0.126. The number of carbonyl (C=O) groups is 1. The minimum Gasteiger partial charge on any atom is -0.382 e. The average molecular weight is 252 g/mol. The molecule has 0 bridgehead atoms. The van der Waals surface area contributed by atoms with Crippen LogP contribution in [0.15, 0.2) is 12.5 Å². The van der Waals surface area contributed by atoms with Gasteiger partial charge in [-0.1, -0.05) is 12.2 Å². The number of ketones is 1. The topological polar surface area (TPSA) is 72.9 Å². The molecule has 92 valence electrons. The molecule has 0 spiro atoms. The van der Waals surface area contributed by atoms with Crippen LogP contribution < -0.4 is 11.1 Å². The van der Waals surface area contributed by atoms with E-state index in [2.05, 4.69) is 10.3 Å². The second kappa shape index (κ2) is 4.44. The fraction of sp³-hybridized carbons (Fsp3) is 0.545. The summed E-state index contributed by atoms with van der Waals surface area (Å²) in [6.07, 6.45) is 6.43. The summed E-state index contributed by atoms with van der Waals surface area (Å²) in [4.78, 5) is 16.8. The average Bonchev–Trinajstić information content (AvgIpc) is 2.76. The van der Waals surface area contributed by atoms with E-state index in [4.69, 9.17) is 18.0 Å². The van der Waals surface area contributed by atoms with Crippen LogP contribution in [0.1, 0.15) is 25.7 Å². The number of hydrogen-bond donors (Lipinski definition) is 2. The largest absolute Gasteiger partial charge is 0.382 e. The SMILES string of the molecule is CNC(=S)C1(n2cnc(N)c2)CCCCC1=O. The first-order valence-electron chi connectivity index (χ1n) is 5.66. The summed E-state index contributed by atoms with van der Waals surface area (Å²) in [5, 5.41) is 2.93. The van der Waals surface area contributed by atoms with E-state index in [9.17, 15) is 4.79 Å². The molecule has 1 atom stereocenters. The molecule has 17 heavy (non-hydrogen) atoms. The maximum Gasteiger partial charge on any atom is 0.165 e. The Balaban J connectivity index is 2.49. The molecule has 6 heteroatoms. The zero-order chi connectivity index (χ0) is 12.5. The lowest BCUT2D eigenvalue weighted by Gasteiger charge is -2.37. The second-order valence-corrected chi connectivity index (χ2v) is 4.68. The highest BCUT2D eigenvalue weighted by atomic mass is 32.1. The molecule has 1 aromatic heterocycles. The second-order valence-electron chi connectivity index (χ2n) is 4.28. The Morgan fingerprint density at radius 2 is 2.41 bits per heavy atom. The normalized spacial score (nSPS) is 24.6. The highest BCUT2D eigenvalue weighted by molar-refractivity contribution is 7.80. The van der Waals surface area contributed by atoms with Crippen molar-refractivity contribution in [2.24, 2.45) is 0 Å². The first-order valence-corrected chi connectivity index (χ1v) is 6.07. The number of nitrogen functional groups attached to an aromatic ring is 1. The molecule has 1 saturated carbocycles. The smallest absolute Gasteiger partial charge is 0.165 e. The van der Waals surface area contributed by atoms with E-state index in [1.165, 1.54) is 0 Å². The van der Waals surface area contributed by atoms with E-state index in [1.54, 1.807) is 24.1 Å². The van der Waals surface area contributed by atoms with Gasteiger partial charge in [0, 0.05) is 19.7 Å². The number of Topliss-reactive ketones (excluding diaryl/α,β-unsaturated/α-hetero) is 1. The van der Waals surface area contributed by atoms with Crippen molar-refractivity contribution < 1.29 is 4.79 Å². The number of imidazole rings is 1. The van der Waals surface area contributed by atoms with Crippen LogP contribution >= 0.6 is 12.2 Å². The molecule has 0 saturated heterocycles. The summed E-state index contributed by atoms with van der Waals surface area (Å²) in [5.74, 6) is 0.544. The third-order valence-electron chi connectivity index (χ3n) is 3.30. The number of likely N-dealkylation sites (N-methyl/N-ethyl adjacent to an activating group) is 1. The lowest BCUT2D eigenvalue weighted by Crippen LogP contribution is -2.53. The van der Waals surface area contributed by atoms with E-state index in [0.717, 1.165) is 12.8 Å². The van der Waals surface area contributed by atoms with Crippen molar-refractivity contribution in [3.8, 4) is 0 Å². The molecule has 5 nitrogen and oxygen atoms in total. The van der Waals surface area contributed by atoms with E-state index in [-0.39, 0.29) is 5.78 Å². The van der Waals surface area contributed by atoms with Crippen LogP contribution in [0.3, 0.4) is 0 Å². The molecule has 1 aliphatic carbocycles. The number of rotatable bonds is 2. The van der Waals surface area contributed by atoms with Crippen molar-refractivity contribution in [1.82, 2.24) is 14.9 Å². The molecule has 1 aliphatic rings. The van der Waals surface area contributed by atoms with E-state index in [0.29, 0.717) is 23.6 Å². The molecule has 0 aromatic carbocycles. The van der Waals surface area contributed by atoms with Gasteiger partial charge in [0.2, 0.25) is 0 Å². The Bertz CT molecular complexity index is 446. The summed E-state index contributed by atoms with van der Waals surface area (Å²) in [6, 6.07) is 0. The third kappa shape index (κ3) is 1.82. The molecule has 0 radical (unpaired) electrons. The number of thiocarbonyl (C=S) groups is 1. The molecule has 1 fully saturated rings. The zero-order valence-corrected chi connectivity index (χ0v) is 10.6. The van der Waals surface area contributed by atoms with Gasteiger partial charge in [-0.25, -0.2) is 4.98 Å². The van der Waals surface area contributed by atoms with Crippen molar-refractivity contribution in [3.05, 3.63) is 12.5 Å². The van der Waals surface area contributed by atoms with E-state index < -0.39 is 5.54 Å². The van der Waals surface area contributed by atoms with Crippen LogP contribution in [-0.2, 0) is 10.3 Å². The molecule has 0 amide bonds. The molecule has 1 unspecified atom stereocenters. The van der Waals surface area contributed by atoms with Crippen molar-refractivity contribution in [2.75, 3.05) is 12.8 Å². The van der Waals surface area contributed by atoms with Gasteiger partial charge in [-0.3, -0.25) is 4.79 Å². The Morgan fingerprint density at radius 3 is 2.94 bits per heavy atom. The molecule has 0 aliphatic heterocycles. The molecule has 3 N–H and O–H groups in total. The van der Waals surface area contributed by atoms with E-state index >= 15 is 0 Å². The Hall–Kier alpha value is -1.43. The molecular formula is C11H16N4OS. The van der Waals surface area contributed by atoms with Gasteiger partial charge in [0.15, 0.2) is 11.3 Å². The molecular weight excluding hydrogens is 236 g/mol. The van der Waals surface area contributed by atoms with Gasteiger partial charge in [-0.05, 0) is 19.3 Å². The first kappa shape index (κ1) is 12.0. The monoisotopic (exact) mass is 252 g/mol. The van der Waals surface area contributed by atoms with Crippen molar-refractivity contribution in [1.29, 1.82) is 0 Å². The van der Waals surface area contributed by atoms with E-state index in [1.807, 2.05) is 0 Å². The minimum absolute atomic E-state index is 0.139. The molecule has 1 heterocycles. The number of anilines is 1. The third-order valence-corrected chi connectivity index (χ3v) is 3.84. The van der Waals surface area contributed by atoms with Gasteiger partial charge in [0.25, 0.3) is 0 Å². The molecule has 1 aromatic rings. The van der Waals surface area contributed by atoms with Crippen LogP contribution in [-0.4, -0.2) is 27.4 Å². The quantitative estimate of drug-likeness (QED) is 0.763. The van der Waals surface area contributed by atoms with Gasteiger partial charge in [0.1, 0.15) is 10.8 Å². The maximum atomic E-state index is 12.3. The molecule has 2 rings (SSSR count). The Labute approximate surface area is 105 Å². The summed E-state index contributed by atoms with van der Waals surface area (Å²) in [5.41, 5.74) is 4.84. The highest BCUT2D eigenvalue weighted by Gasteiger charge is 2.45. The number of nitrogens with zero attached hydrogens (tertiary/aromatic N) is 2. The summed E-state index contributed by atoms with van der Waals surface area (Å²) in [7, 11) is 1.74. The number of hydrogen-bond acceptors (Lipinski definition) is 4. The lowest BCUT2D eigenvalue weighted by atomic mass is 9.80. The van der Waals surface area contributed by atoms with Crippen LogP contribution in [0.2, 0.25) is 0 Å². The standard InChI is InChI=1S/C11H16N4OS/c1-13-10(17)11(5-3-2-4-8(11)16)15-6-9(12)14-7-15/h6-7H,2-5,12H2,1H3,(H,13,17). The highest BCUT2D eigenvalue weighted by Crippen LogP contribution is 2.33. The number of carbonyl (C=O) groups excluding carboxylic acids is 1. The zero-order valence-electron chi connectivity index (χ0n) is 9.77. The predicted molar refractivity (Wildman–Crippen MR) is 69.7 cm³/mol. The van der Waals surface area contributed by atoms with Gasteiger partial charge in [0.05, 0.1) is 6.33 Å². The number of aromatic nitrogens is 2. The summed E-state index contributed by atoms with van der Waals surface area (Å²) >= 11 is 5.33. The van der Waals surface area contributed by atoms with Crippen LogP contribution in [0, 0.1) is 0 Å². The maximum absolute atomic E-state index is 12.3. The Morgan fingerprint density at radius 1 is 1.65 bits per heavy atom.